The summed E-state index contributed by atoms with van der Waals surface area (Å²) in [6.45, 7) is 4.83. The maximum atomic E-state index is 13.3. The van der Waals surface area contributed by atoms with E-state index in [1.807, 2.05) is 24.3 Å². The predicted octanol–water partition coefficient (Wildman–Crippen LogP) is 5.42. The van der Waals surface area contributed by atoms with E-state index in [-0.39, 0.29) is 17.7 Å². The zero-order valence-corrected chi connectivity index (χ0v) is 23.2. The zero-order valence-electron chi connectivity index (χ0n) is 21.6. The molecule has 0 bridgehead atoms. The highest BCUT2D eigenvalue weighted by Gasteiger charge is 2.23. The average Bonchev–Trinajstić information content (AvgIpc) is 2.92. The fraction of sp³-hybridized carbons (Fsp3) is 0.310. The van der Waals surface area contributed by atoms with Crippen LogP contribution < -0.4 is 27.8 Å². The maximum Gasteiger partial charge on any atom is 0.252 e. The lowest BCUT2D eigenvalue weighted by Gasteiger charge is -2.23. The summed E-state index contributed by atoms with van der Waals surface area (Å²) in [7, 11) is 0. The Hall–Kier alpha value is -2.94. The van der Waals surface area contributed by atoms with E-state index in [2.05, 4.69) is 24.5 Å². The van der Waals surface area contributed by atoms with Gasteiger partial charge in [0, 0.05) is 17.8 Å². The summed E-state index contributed by atoms with van der Waals surface area (Å²) in [6, 6.07) is 17.8. The van der Waals surface area contributed by atoms with Crippen molar-refractivity contribution in [3.8, 4) is 0 Å². The Kier molecular flexibility index (Phi) is 10.7. The molecule has 0 aliphatic rings. The molecule has 3 atom stereocenters. The van der Waals surface area contributed by atoms with Crippen molar-refractivity contribution < 1.29 is 9.59 Å². The topological polar surface area (TPSA) is 136 Å². The molecule has 3 aromatic carbocycles. The van der Waals surface area contributed by atoms with E-state index in [4.69, 9.17) is 40.4 Å². The molecule has 3 aromatic rings. The number of anilines is 1. The first-order valence-electron chi connectivity index (χ1n) is 12.6. The molecule has 0 spiro atoms. The second-order valence-electron chi connectivity index (χ2n) is 9.30. The number of carbonyl (C=O) groups excluding carboxylic acids is 2. The Labute approximate surface area is 234 Å². The molecular weight excluding hydrogens is 521 g/mol. The second kappa shape index (κ2) is 13.7. The summed E-state index contributed by atoms with van der Waals surface area (Å²) in [4.78, 5) is 26.3. The average molecular weight is 557 g/mol. The van der Waals surface area contributed by atoms with Crippen molar-refractivity contribution in [2.75, 3.05) is 11.9 Å². The van der Waals surface area contributed by atoms with Crippen LogP contribution in [-0.2, 0) is 11.3 Å². The minimum Gasteiger partial charge on any atom is -0.333 e. The van der Waals surface area contributed by atoms with E-state index in [1.54, 1.807) is 36.4 Å². The molecule has 38 heavy (non-hydrogen) atoms. The van der Waals surface area contributed by atoms with E-state index < -0.39 is 12.1 Å². The van der Waals surface area contributed by atoms with Gasteiger partial charge < -0.3 is 27.8 Å². The van der Waals surface area contributed by atoms with Crippen molar-refractivity contribution in [3.05, 3.63) is 98.5 Å². The smallest absolute Gasteiger partial charge is 0.252 e. The quantitative estimate of drug-likeness (QED) is 0.201. The Morgan fingerprint density at radius 3 is 2.37 bits per heavy atom. The van der Waals surface area contributed by atoms with Crippen LogP contribution in [0, 0.1) is 0 Å². The molecule has 2 amide bonds. The van der Waals surface area contributed by atoms with Crippen LogP contribution >= 0.6 is 23.2 Å². The van der Waals surface area contributed by atoms with Crippen molar-refractivity contribution in [1.82, 2.24) is 5.32 Å². The number of nitrogens with two attached hydrogens (primary N) is 3. The van der Waals surface area contributed by atoms with Gasteiger partial charge in [-0.15, -0.1) is 0 Å². The Bertz CT molecular complexity index is 1280. The van der Waals surface area contributed by atoms with Crippen molar-refractivity contribution in [2.24, 2.45) is 17.2 Å². The predicted molar refractivity (Wildman–Crippen MR) is 155 cm³/mol. The zero-order chi connectivity index (χ0) is 27.8. The van der Waals surface area contributed by atoms with Crippen molar-refractivity contribution >= 4 is 40.7 Å². The molecule has 0 heterocycles. The van der Waals surface area contributed by atoms with E-state index in [9.17, 15) is 9.59 Å². The summed E-state index contributed by atoms with van der Waals surface area (Å²) in [5.74, 6) is -0.859. The van der Waals surface area contributed by atoms with Crippen LogP contribution in [-0.4, -0.2) is 18.4 Å². The number of amides is 2. The van der Waals surface area contributed by atoms with Gasteiger partial charge in [-0.05, 0) is 84.0 Å². The summed E-state index contributed by atoms with van der Waals surface area (Å²) in [5.41, 5.74) is 22.4. The van der Waals surface area contributed by atoms with E-state index in [0.717, 1.165) is 28.7 Å². The largest absolute Gasteiger partial charge is 0.333 e. The molecule has 0 saturated carbocycles. The number of carbonyl (C=O) groups is 2. The van der Waals surface area contributed by atoms with Crippen LogP contribution in [0.3, 0.4) is 0 Å². The summed E-state index contributed by atoms with van der Waals surface area (Å²) < 4.78 is 0. The lowest BCUT2D eigenvalue weighted by molar-refractivity contribution is -0.117. The fourth-order valence-corrected chi connectivity index (χ4v) is 4.61. The lowest BCUT2D eigenvalue weighted by Crippen LogP contribution is -2.35. The van der Waals surface area contributed by atoms with Crippen LogP contribution in [0.5, 0.6) is 0 Å². The third-order valence-corrected chi connectivity index (χ3v) is 7.40. The summed E-state index contributed by atoms with van der Waals surface area (Å²) in [5, 5.41) is 6.66. The molecule has 0 aromatic heterocycles. The third kappa shape index (κ3) is 7.34. The molecule has 3 rings (SSSR count). The number of benzene rings is 3. The van der Waals surface area contributed by atoms with Gasteiger partial charge in [0.15, 0.2) is 0 Å². The molecule has 202 valence electrons. The molecular formula is C29H35Cl2N5O2. The fourth-order valence-electron chi connectivity index (χ4n) is 4.31. The highest BCUT2D eigenvalue weighted by molar-refractivity contribution is 6.42. The van der Waals surface area contributed by atoms with Gasteiger partial charge in [-0.25, -0.2) is 0 Å². The monoisotopic (exact) mass is 555 g/mol. The molecule has 0 saturated heterocycles. The summed E-state index contributed by atoms with van der Waals surface area (Å²) in [6.07, 6.45) is 0.521. The molecule has 9 heteroatoms. The van der Waals surface area contributed by atoms with Crippen LogP contribution in [0.25, 0.3) is 0 Å². The number of hydrogen-bond donors (Lipinski definition) is 5. The molecule has 0 radical (unpaired) electrons. The van der Waals surface area contributed by atoms with E-state index in [1.165, 1.54) is 0 Å². The van der Waals surface area contributed by atoms with Gasteiger partial charge in [0.1, 0.15) is 6.17 Å². The first-order valence-corrected chi connectivity index (χ1v) is 13.4. The first kappa shape index (κ1) is 29.6. The second-order valence-corrected chi connectivity index (χ2v) is 10.1. The van der Waals surface area contributed by atoms with Gasteiger partial charge in [-0.1, -0.05) is 61.3 Å². The minimum absolute atomic E-state index is 0.194. The number of rotatable bonds is 11. The van der Waals surface area contributed by atoms with Crippen molar-refractivity contribution in [3.63, 3.8) is 0 Å². The molecule has 8 N–H and O–H groups in total. The normalized spacial score (nSPS) is 13.4. The van der Waals surface area contributed by atoms with Gasteiger partial charge >= 0.3 is 0 Å². The minimum atomic E-state index is -0.792. The van der Waals surface area contributed by atoms with Crippen LogP contribution in [0.2, 0.25) is 10.0 Å². The van der Waals surface area contributed by atoms with Gasteiger partial charge in [0.25, 0.3) is 5.91 Å². The SMILES string of the molecule is CCC(C)c1ccc(NC(=O)C(CCN)c2ccc(Cl)c(Cl)c2)cc1C(N)NC(=O)c1cccc(CN)c1. The van der Waals surface area contributed by atoms with Gasteiger partial charge in [0.05, 0.1) is 16.0 Å². The molecule has 7 nitrogen and oxygen atoms in total. The number of hydrogen-bond acceptors (Lipinski definition) is 5. The van der Waals surface area contributed by atoms with Gasteiger partial charge in [0.2, 0.25) is 5.91 Å². The van der Waals surface area contributed by atoms with Crippen LogP contribution in [0.1, 0.15) is 77.3 Å². The van der Waals surface area contributed by atoms with Crippen LogP contribution in [0.15, 0.2) is 60.7 Å². The molecule has 0 aliphatic carbocycles. The highest BCUT2D eigenvalue weighted by Crippen LogP contribution is 2.31. The molecule has 0 aliphatic heterocycles. The highest BCUT2D eigenvalue weighted by atomic mass is 35.5. The van der Waals surface area contributed by atoms with E-state index >= 15 is 0 Å². The maximum absolute atomic E-state index is 13.3. The summed E-state index contributed by atoms with van der Waals surface area (Å²) >= 11 is 12.2. The van der Waals surface area contributed by atoms with Crippen molar-refractivity contribution in [2.45, 2.75) is 51.2 Å². The Morgan fingerprint density at radius 1 is 0.947 bits per heavy atom. The standard InChI is InChI=1S/C29H35Cl2N5O2/c1-3-17(2)22-9-8-21(35-29(38)23(11-12-32)19-7-10-25(30)26(31)14-19)15-24(22)27(34)36-28(37)20-6-4-5-18(13-20)16-33/h4-10,13-15,17,23,27H,3,11-12,16,32-34H2,1-2H3,(H,35,38)(H,36,37). The molecule has 3 unspecified atom stereocenters. The van der Waals surface area contributed by atoms with Crippen molar-refractivity contribution in [1.29, 1.82) is 0 Å². The van der Waals surface area contributed by atoms with Gasteiger partial charge in [-0.3, -0.25) is 9.59 Å². The van der Waals surface area contributed by atoms with Gasteiger partial charge in [-0.2, -0.15) is 0 Å². The lowest BCUT2D eigenvalue weighted by atomic mass is 9.91. The van der Waals surface area contributed by atoms with Crippen LogP contribution in [0.4, 0.5) is 5.69 Å². The molecule has 0 fully saturated rings. The Balaban J connectivity index is 1.88. The first-order chi connectivity index (χ1) is 18.2. The third-order valence-electron chi connectivity index (χ3n) is 6.66. The number of halogens is 2. The van der Waals surface area contributed by atoms with E-state index in [0.29, 0.717) is 40.8 Å². The Morgan fingerprint density at radius 2 is 1.71 bits per heavy atom. The number of nitrogens with one attached hydrogen (secondary N) is 2.